The van der Waals surface area contributed by atoms with Gasteiger partial charge in [0.25, 0.3) is 0 Å². The van der Waals surface area contributed by atoms with Gasteiger partial charge < -0.3 is 15.2 Å². The van der Waals surface area contributed by atoms with Crippen molar-refractivity contribution in [1.29, 1.82) is 0 Å². The second-order valence-electron chi connectivity index (χ2n) is 5.28. The average molecular weight is 242 g/mol. The maximum Gasteiger partial charge on any atom is 0.0698 e. The third-order valence-corrected chi connectivity index (χ3v) is 4.21. The molecule has 0 atom stereocenters. The maximum atomic E-state index is 8.70. The molecule has 2 aliphatic rings. The first-order chi connectivity index (χ1) is 8.37. The maximum absolute atomic E-state index is 8.70. The molecule has 0 aromatic rings. The van der Waals surface area contributed by atoms with E-state index in [2.05, 4.69) is 10.2 Å². The Balaban J connectivity index is 1.83. The second-order valence-corrected chi connectivity index (χ2v) is 5.28. The molecule has 4 nitrogen and oxygen atoms in total. The summed E-state index contributed by atoms with van der Waals surface area (Å²) in [6, 6.07) is 0. The van der Waals surface area contributed by atoms with Crippen molar-refractivity contribution in [3.05, 3.63) is 0 Å². The van der Waals surface area contributed by atoms with E-state index in [0.717, 1.165) is 32.8 Å². The normalized spacial score (nSPS) is 25.2. The van der Waals surface area contributed by atoms with E-state index in [1.807, 2.05) is 0 Å². The van der Waals surface area contributed by atoms with E-state index in [4.69, 9.17) is 9.84 Å². The Morgan fingerprint density at radius 2 is 2.00 bits per heavy atom. The molecule has 1 aliphatic carbocycles. The summed E-state index contributed by atoms with van der Waals surface area (Å²) in [6.45, 7) is 5.76. The highest BCUT2D eigenvalue weighted by atomic mass is 16.5. The zero-order valence-electron chi connectivity index (χ0n) is 10.8. The minimum atomic E-state index is 0.132. The van der Waals surface area contributed by atoms with Gasteiger partial charge in [0.2, 0.25) is 0 Å². The van der Waals surface area contributed by atoms with Crippen molar-refractivity contribution >= 4 is 0 Å². The molecule has 2 rings (SSSR count). The number of aliphatic hydroxyl groups is 1. The lowest BCUT2D eigenvalue weighted by molar-refractivity contribution is -0.00224. The van der Waals surface area contributed by atoms with Crippen LogP contribution in [-0.4, -0.2) is 61.5 Å². The van der Waals surface area contributed by atoms with Crippen LogP contribution in [-0.2, 0) is 4.74 Å². The number of ether oxygens (including phenoxy) is 1. The van der Waals surface area contributed by atoms with E-state index in [9.17, 15) is 0 Å². The number of nitrogens with one attached hydrogen (secondary N) is 1. The molecule has 1 heterocycles. The van der Waals surface area contributed by atoms with Crippen molar-refractivity contribution in [2.75, 3.05) is 46.0 Å². The quantitative estimate of drug-likeness (QED) is 0.693. The number of hydrogen-bond acceptors (Lipinski definition) is 4. The van der Waals surface area contributed by atoms with Gasteiger partial charge in [-0.05, 0) is 12.8 Å². The highest BCUT2D eigenvalue weighted by Gasteiger charge is 2.39. The van der Waals surface area contributed by atoms with Gasteiger partial charge in [0.05, 0.1) is 19.8 Å². The zero-order chi connectivity index (χ0) is 12.0. The third kappa shape index (κ3) is 3.41. The van der Waals surface area contributed by atoms with Crippen LogP contribution >= 0.6 is 0 Å². The molecule has 0 aromatic carbocycles. The van der Waals surface area contributed by atoms with Crippen molar-refractivity contribution in [3.8, 4) is 0 Å². The number of aliphatic hydroxyl groups excluding tert-OH is 1. The Kier molecular flexibility index (Phi) is 5.22. The molecule has 0 unspecified atom stereocenters. The summed E-state index contributed by atoms with van der Waals surface area (Å²) in [5, 5.41) is 12.3. The molecule has 0 aromatic heterocycles. The molecular weight excluding hydrogens is 216 g/mol. The number of piperazine rings is 1. The van der Waals surface area contributed by atoms with Crippen molar-refractivity contribution < 1.29 is 9.84 Å². The summed E-state index contributed by atoms with van der Waals surface area (Å²) >= 11 is 0. The van der Waals surface area contributed by atoms with E-state index in [0.29, 0.717) is 12.1 Å². The lowest BCUT2D eigenvalue weighted by Crippen LogP contribution is -2.62. The minimum Gasteiger partial charge on any atom is -0.394 e. The van der Waals surface area contributed by atoms with Gasteiger partial charge >= 0.3 is 0 Å². The average Bonchev–Trinajstić information content (AvgIpc) is 2.38. The van der Waals surface area contributed by atoms with Gasteiger partial charge in [-0.2, -0.15) is 0 Å². The van der Waals surface area contributed by atoms with E-state index < -0.39 is 0 Å². The number of hydrogen-bond donors (Lipinski definition) is 2. The lowest BCUT2D eigenvalue weighted by atomic mass is 9.79. The molecule has 2 fully saturated rings. The number of nitrogens with zero attached hydrogens (tertiary/aromatic N) is 1. The van der Waals surface area contributed by atoms with E-state index >= 15 is 0 Å². The van der Waals surface area contributed by atoms with Crippen LogP contribution in [0.4, 0.5) is 0 Å². The van der Waals surface area contributed by atoms with Crippen molar-refractivity contribution in [1.82, 2.24) is 10.2 Å². The van der Waals surface area contributed by atoms with E-state index in [-0.39, 0.29) is 6.61 Å². The first-order valence-electron chi connectivity index (χ1n) is 7.02. The van der Waals surface area contributed by atoms with Crippen molar-refractivity contribution in [2.45, 2.75) is 37.6 Å². The largest absolute Gasteiger partial charge is 0.394 e. The SMILES string of the molecule is OCCOCCN1CCNCC12CCCCC2. The summed E-state index contributed by atoms with van der Waals surface area (Å²) in [7, 11) is 0. The van der Waals surface area contributed by atoms with Crippen LogP contribution in [0.2, 0.25) is 0 Å². The van der Waals surface area contributed by atoms with Crippen LogP contribution in [0, 0.1) is 0 Å². The van der Waals surface area contributed by atoms with E-state index in [1.54, 1.807) is 0 Å². The molecule has 0 amide bonds. The summed E-state index contributed by atoms with van der Waals surface area (Å²) in [4.78, 5) is 2.63. The fourth-order valence-corrected chi connectivity index (χ4v) is 3.28. The standard InChI is InChI=1S/C13H26N2O2/c16-9-11-17-10-8-15-7-6-14-12-13(15)4-2-1-3-5-13/h14,16H,1-12H2. The van der Waals surface area contributed by atoms with Crippen LogP contribution in [0.1, 0.15) is 32.1 Å². The van der Waals surface area contributed by atoms with Gasteiger partial charge in [0.15, 0.2) is 0 Å². The molecular formula is C13H26N2O2. The molecule has 1 spiro atoms. The van der Waals surface area contributed by atoms with Crippen LogP contribution in [0.15, 0.2) is 0 Å². The predicted octanol–water partition coefficient (Wildman–Crippen LogP) is 0.603. The van der Waals surface area contributed by atoms with Gasteiger partial charge in [-0.15, -0.1) is 0 Å². The zero-order valence-corrected chi connectivity index (χ0v) is 10.8. The molecule has 2 N–H and O–H groups in total. The van der Waals surface area contributed by atoms with Crippen LogP contribution in [0.5, 0.6) is 0 Å². The Labute approximate surface area is 104 Å². The second kappa shape index (κ2) is 6.69. The van der Waals surface area contributed by atoms with Crippen LogP contribution < -0.4 is 5.32 Å². The molecule has 1 aliphatic heterocycles. The number of rotatable bonds is 5. The van der Waals surface area contributed by atoms with Crippen molar-refractivity contribution in [2.24, 2.45) is 0 Å². The molecule has 1 saturated heterocycles. The Morgan fingerprint density at radius 3 is 2.76 bits per heavy atom. The summed E-state index contributed by atoms with van der Waals surface area (Å²) in [5.74, 6) is 0. The fourth-order valence-electron chi connectivity index (χ4n) is 3.28. The summed E-state index contributed by atoms with van der Waals surface area (Å²) < 4.78 is 5.41. The highest BCUT2D eigenvalue weighted by molar-refractivity contribution is 4.97. The highest BCUT2D eigenvalue weighted by Crippen LogP contribution is 2.34. The summed E-state index contributed by atoms with van der Waals surface area (Å²) in [6.07, 6.45) is 6.81. The lowest BCUT2D eigenvalue weighted by Gasteiger charge is -2.50. The molecule has 1 saturated carbocycles. The smallest absolute Gasteiger partial charge is 0.0698 e. The predicted molar refractivity (Wildman–Crippen MR) is 68.2 cm³/mol. The van der Waals surface area contributed by atoms with Gasteiger partial charge in [-0.3, -0.25) is 4.90 Å². The van der Waals surface area contributed by atoms with E-state index in [1.165, 1.54) is 32.1 Å². The molecule has 0 bridgehead atoms. The Morgan fingerprint density at radius 1 is 1.18 bits per heavy atom. The summed E-state index contributed by atoms with van der Waals surface area (Å²) in [5.41, 5.74) is 0.402. The van der Waals surface area contributed by atoms with Gasteiger partial charge in [-0.1, -0.05) is 19.3 Å². The fraction of sp³-hybridized carbons (Fsp3) is 1.00. The topological polar surface area (TPSA) is 44.7 Å². The first-order valence-corrected chi connectivity index (χ1v) is 7.02. The molecule has 4 heteroatoms. The van der Waals surface area contributed by atoms with Crippen LogP contribution in [0.3, 0.4) is 0 Å². The van der Waals surface area contributed by atoms with Gasteiger partial charge in [0, 0.05) is 31.7 Å². The Hall–Kier alpha value is -0.160. The first kappa shape index (κ1) is 13.3. The third-order valence-electron chi connectivity index (χ3n) is 4.21. The Bertz CT molecular complexity index is 209. The minimum absolute atomic E-state index is 0.132. The van der Waals surface area contributed by atoms with Crippen LogP contribution in [0.25, 0.3) is 0 Å². The van der Waals surface area contributed by atoms with Crippen molar-refractivity contribution in [3.63, 3.8) is 0 Å². The molecule has 17 heavy (non-hydrogen) atoms. The molecule has 100 valence electrons. The van der Waals surface area contributed by atoms with Gasteiger partial charge in [0.1, 0.15) is 0 Å². The monoisotopic (exact) mass is 242 g/mol. The molecule has 0 radical (unpaired) electrons. The van der Waals surface area contributed by atoms with Gasteiger partial charge in [-0.25, -0.2) is 0 Å².